The van der Waals surface area contributed by atoms with E-state index in [0.717, 1.165) is 12.8 Å². The van der Waals surface area contributed by atoms with Crippen LogP contribution >= 0.6 is 0 Å². The van der Waals surface area contributed by atoms with E-state index < -0.39 is 11.7 Å². The summed E-state index contributed by atoms with van der Waals surface area (Å²) in [5, 5.41) is 20.2. The minimum absolute atomic E-state index is 0.350. The van der Waals surface area contributed by atoms with Gasteiger partial charge in [-0.05, 0) is 37.5 Å². The number of rotatable bonds is 3. The zero-order valence-corrected chi connectivity index (χ0v) is 10.5. The van der Waals surface area contributed by atoms with Gasteiger partial charge in [-0.3, -0.25) is 0 Å². The van der Waals surface area contributed by atoms with Crippen LogP contribution in [-0.2, 0) is 0 Å². The average Bonchev–Trinajstić information content (AvgIpc) is 1.99. The van der Waals surface area contributed by atoms with Crippen LogP contribution in [0, 0.1) is 17.8 Å². The van der Waals surface area contributed by atoms with Gasteiger partial charge in [0.05, 0.1) is 11.7 Å². The van der Waals surface area contributed by atoms with Gasteiger partial charge in [-0.1, -0.05) is 27.2 Å². The van der Waals surface area contributed by atoms with Crippen LogP contribution in [0.15, 0.2) is 0 Å². The predicted octanol–water partition coefficient (Wildman–Crippen LogP) is 2.58. The highest BCUT2D eigenvalue weighted by Gasteiger charge is 2.43. The van der Waals surface area contributed by atoms with Crippen LogP contribution in [-0.4, -0.2) is 21.9 Å². The van der Waals surface area contributed by atoms with Crippen molar-refractivity contribution in [1.29, 1.82) is 0 Å². The molecule has 0 aromatic carbocycles. The Balaban J connectivity index is 2.76. The van der Waals surface area contributed by atoms with Crippen molar-refractivity contribution in [3.8, 4) is 0 Å². The molecule has 2 heteroatoms. The number of aliphatic hydroxyl groups excluding tert-OH is 1. The Bertz CT molecular complexity index is 197. The molecular weight excluding hydrogens is 188 g/mol. The Morgan fingerprint density at radius 2 is 1.87 bits per heavy atom. The maximum Gasteiger partial charge on any atom is 0.0705 e. The molecule has 1 unspecified atom stereocenters. The van der Waals surface area contributed by atoms with Crippen LogP contribution in [0.3, 0.4) is 0 Å². The van der Waals surface area contributed by atoms with E-state index >= 15 is 0 Å². The lowest BCUT2D eigenvalue weighted by Crippen LogP contribution is -2.47. The fourth-order valence-electron chi connectivity index (χ4n) is 3.29. The second-order valence-electron chi connectivity index (χ2n) is 5.89. The monoisotopic (exact) mass is 214 g/mol. The van der Waals surface area contributed by atoms with E-state index in [1.54, 1.807) is 6.92 Å². The summed E-state index contributed by atoms with van der Waals surface area (Å²) in [6.07, 6.45) is 3.29. The summed E-state index contributed by atoms with van der Waals surface area (Å²) >= 11 is 0. The van der Waals surface area contributed by atoms with Crippen molar-refractivity contribution in [2.75, 3.05) is 0 Å². The van der Waals surface area contributed by atoms with E-state index in [1.165, 1.54) is 6.42 Å². The normalized spacial score (nSPS) is 39.4. The van der Waals surface area contributed by atoms with E-state index in [0.29, 0.717) is 24.2 Å². The summed E-state index contributed by atoms with van der Waals surface area (Å²) in [7, 11) is 0. The molecule has 1 rings (SSSR count). The SMILES string of the molecule is CC(O)C[C@]1(O)C[C@H](C)CC[C@H]1C(C)C. The van der Waals surface area contributed by atoms with Gasteiger partial charge in [0.1, 0.15) is 0 Å². The average molecular weight is 214 g/mol. The lowest BCUT2D eigenvalue weighted by molar-refractivity contribution is -0.104. The van der Waals surface area contributed by atoms with E-state index in [9.17, 15) is 10.2 Å². The van der Waals surface area contributed by atoms with Crippen LogP contribution in [0.4, 0.5) is 0 Å². The lowest BCUT2D eigenvalue weighted by atomic mass is 9.65. The highest BCUT2D eigenvalue weighted by Crippen LogP contribution is 2.43. The Kier molecular flexibility index (Phi) is 4.19. The van der Waals surface area contributed by atoms with Gasteiger partial charge in [0, 0.05) is 6.42 Å². The van der Waals surface area contributed by atoms with Crippen molar-refractivity contribution in [2.45, 2.75) is 65.1 Å². The molecule has 1 saturated carbocycles. The molecule has 4 atom stereocenters. The zero-order valence-electron chi connectivity index (χ0n) is 10.5. The lowest BCUT2D eigenvalue weighted by Gasteiger charge is -2.45. The molecule has 0 amide bonds. The van der Waals surface area contributed by atoms with E-state index in [1.807, 2.05) is 0 Å². The summed E-state index contributed by atoms with van der Waals surface area (Å²) in [6, 6.07) is 0. The molecule has 2 nitrogen and oxygen atoms in total. The summed E-state index contributed by atoms with van der Waals surface area (Å²) in [5.74, 6) is 1.44. The number of aliphatic hydroxyl groups is 2. The van der Waals surface area contributed by atoms with Gasteiger partial charge in [-0.25, -0.2) is 0 Å². The van der Waals surface area contributed by atoms with Crippen LogP contribution in [0.1, 0.15) is 53.4 Å². The van der Waals surface area contributed by atoms with Crippen LogP contribution in [0.2, 0.25) is 0 Å². The first kappa shape index (κ1) is 13.0. The van der Waals surface area contributed by atoms with Crippen molar-refractivity contribution in [3.63, 3.8) is 0 Å². The fourth-order valence-corrected chi connectivity index (χ4v) is 3.29. The van der Waals surface area contributed by atoms with Gasteiger partial charge in [0.25, 0.3) is 0 Å². The van der Waals surface area contributed by atoms with Gasteiger partial charge in [0.2, 0.25) is 0 Å². The molecule has 0 radical (unpaired) electrons. The second kappa shape index (κ2) is 4.84. The van der Waals surface area contributed by atoms with Crippen molar-refractivity contribution in [3.05, 3.63) is 0 Å². The molecule has 1 aliphatic rings. The Morgan fingerprint density at radius 3 is 2.33 bits per heavy atom. The molecule has 15 heavy (non-hydrogen) atoms. The van der Waals surface area contributed by atoms with Gasteiger partial charge >= 0.3 is 0 Å². The van der Waals surface area contributed by atoms with Gasteiger partial charge in [-0.15, -0.1) is 0 Å². The van der Waals surface area contributed by atoms with Crippen LogP contribution < -0.4 is 0 Å². The first-order valence-electron chi connectivity index (χ1n) is 6.25. The highest BCUT2D eigenvalue weighted by molar-refractivity contribution is 4.94. The molecule has 0 aliphatic heterocycles. The molecule has 1 aliphatic carbocycles. The number of hydrogen-bond acceptors (Lipinski definition) is 2. The largest absolute Gasteiger partial charge is 0.393 e. The third-order valence-electron chi connectivity index (χ3n) is 3.82. The smallest absolute Gasteiger partial charge is 0.0705 e. The van der Waals surface area contributed by atoms with Crippen LogP contribution in [0.5, 0.6) is 0 Å². The molecular formula is C13H26O2. The van der Waals surface area contributed by atoms with E-state index in [4.69, 9.17) is 0 Å². The maximum atomic E-state index is 10.7. The van der Waals surface area contributed by atoms with Gasteiger partial charge in [-0.2, -0.15) is 0 Å². The summed E-state index contributed by atoms with van der Waals surface area (Å²) in [6.45, 7) is 8.32. The highest BCUT2D eigenvalue weighted by atomic mass is 16.3. The molecule has 0 aromatic heterocycles. The molecule has 90 valence electrons. The molecule has 0 heterocycles. The molecule has 0 aromatic rings. The minimum Gasteiger partial charge on any atom is -0.393 e. The quantitative estimate of drug-likeness (QED) is 0.758. The molecule has 1 fully saturated rings. The van der Waals surface area contributed by atoms with Crippen molar-refractivity contribution >= 4 is 0 Å². The second-order valence-corrected chi connectivity index (χ2v) is 5.89. The third kappa shape index (κ3) is 3.18. The standard InChI is InChI=1S/C13H26O2/c1-9(2)12-6-5-10(3)7-13(12,15)8-11(4)14/h9-12,14-15H,5-8H2,1-4H3/t10-,11?,12+,13-/m1/s1. The molecule has 0 bridgehead atoms. The van der Waals surface area contributed by atoms with E-state index in [-0.39, 0.29) is 0 Å². The summed E-state index contributed by atoms with van der Waals surface area (Å²) in [4.78, 5) is 0. The molecule has 2 N–H and O–H groups in total. The van der Waals surface area contributed by atoms with E-state index in [2.05, 4.69) is 20.8 Å². The Morgan fingerprint density at radius 1 is 1.27 bits per heavy atom. The maximum absolute atomic E-state index is 10.7. The van der Waals surface area contributed by atoms with Crippen LogP contribution in [0.25, 0.3) is 0 Å². The van der Waals surface area contributed by atoms with Crippen molar-refractivity contribution in [2.24, 2.45) is 17.8 Å². The summed E-state index contributed by atoms with van der Waals surface area (Å²) in [5.41, 5.74) is -0.639. The Hall–Kier alpha value is -0.0800. The summed E-state index contributed by atoms with van der Waals surface area (Å²) < 4.78 is 0. The fraction of sp³-hybridized carbons (Fsp3) is 1.00. The first-order chi connectivity index (χ1) is 6.85. The first-order valence-corrected chi connectivity index (χ1v) is 6.25. The topological polar surface area (TPSA) is 40.5 Å². The molecule has 0 saturated heterocycles. The van der Waals surface area contributed by atoms with Gasteiger partial charge in [0.15, 0.2) is 0 Å². The van der Waals surface area contributed by atoms with Gasteiger partial charge < -0.3 is 10.2 Å². The molecule has 0 spiro atoms. The van der Waals surface area contributed by atoms with Crippen molar-refractivity contribution < 1.29 is 10.2 Å². The number of hydrogen-bond donors (Lipinski definition) is 2. The minimum atomic E-state index is -0.639. The zero-order chi connectivity index (χ0) is 11.6. The third-order valence-corrected chi connectivity index (χ3v) is 3.82. The Labute approximate surface area is 93.7 Å². The van der Waals surface area contributed by atoms with Crippen molar-refractivity contribution in [1.82, 2.24) is 0 Å². The predicted molar refractivity (Wildman–Crippen MR) is 62.6 cm³/mol.